The Labute approximate surface area is 165 Å². The van der Waals surface area contributed by atoms with Gasteiger partial charge in [-0.15, -0.1) is 0 Å². The summed E-state index contributed by atoms with van der Waals surface area (Å²) >= 11 is 0. The Bertz CT molecular complexity index is 889. The van der Waals surface area contributed by atoms with Crippen LogP contribution < -0.4 is 5.32 Å². The molecule has 7 heteroatoms. The number of urea groups is 1. The number of benzene rings is 1. The summed E-state index contributed by atoms with van der Waals surface area (Å²) in [5.41, 5.74) is 4.55. The van der Waals surface area contributed by atoms with Crippen LogP contribution in [0.25, 0.3) is 0 Å². The normalized spacial score (nSPS) is 17.8. The standard InChI is InChI=1S/C21H27N5O2/c1-24(2)21(28)25-9-10-26-18(14-25)12-17(23-26)13-22-20(27)11-16-8-7-15-5-3-4-6-19(15)16/h3-6,12,16H,7-11,13-14H2,1-2H3,(H,22,27)/t16-/m0/s1. The number of hydrogen-bond acceptors (Lipinski definition) is 3. The number of rotatable bonds is 4. The first-order valence-electron chi connectivity index (χ1n) is 9.87. The van der Waals surface area contributed by atoms with Crippen LogP contribution in [0.1, 0.15) is 41.3 Å². The number of amides is 3. The molecule has 7 nitrogen and oxygen atoms in total. The first-order valence-corrected chi connectivity index (χ1v) is 9.87. The van der Waals surface area contributed by atoms with E-state index >= 15 is 0 Å². The number of nitrogens with one attached hydrogen (secondary N) is 1. The van der Waals surface area contributed by atoms with Crippen molar-refractivity contribution in [3.05, 3.63) is 52.8 Å². The van der Waals surface area contributed by atoms with Gasteiger partial charge < -0.3 is 15.1 Å². The van der Waals surface area contributed by atoms with Gasteiger partial charge in [0.05, 0.1) is 31.0 Å². The average Bonchev–Trinajstić information content (AvgIpc) is 3.29. The second-order valence-electron chi connectivity index (χ2n) is 7.86. The molecule has 1 aromatic heterocycles. The highest BCUT2D eigenvalue weighted by atomic mass is 16.2. The fourth-order valence-electron chi connectivity index (χ4n) is 4.20. The summed E-state index contributed by atoms with van der Waals surface area (Å²) in [7, 11) is 3.52. The fourth-order valence-corrected chi connectivity index (χ4v) is 4.20. The van der Waals surface area contributed by atoms with Crippen molar-refractivity contribution in [1.29, 1.82) is 0 Å². The van der Waals surface area contributed by atoms with Crippen molar-refractivity contribution < 1.29 is 9.59 Å². The monoisotopic (exact) mass is 381 g/mol. The van der Waals surface area contributed by atoms with Gasteiger partial charge >= 0.3 is 6.03 Å². The third-order valence-electron chi connectivity index (χ3n) is 5.66. The minimum absolute atomic E-state index is 0.0131. The van der Waals surface area contributed by atoms with Crippen molar-refractivity contribution in [1.82, 2.24) is 24.9 Å². The molecule has 1 aliphatic carbocycles. The summed E-state index contributed by atoms with van der Waals surface area (Å²) in [5, 5.41) is 7.59. The van der Waals surface area contributed by atoms with Gasteiger partial charge in [0.15, 0.2) is 0 Å². The van der Waals surface area contributed by atoms with Gasteiger partial charge in [-0.05, 0) is 36.0 Å². The molecule has 148 valence electrons. The molecule has 3 amide bonds. The number of nitrogens with zero attached hydrogens (tertiary/aromatic N) is 4. The SMILES string of the molecule is CN(C)C(=O)N1CCn2nc(CNC(=O)C[C@@H]3CCc4ccccc43)cc2C1. The maximum absolute atomic E-state index is 12.4. The molecular weight excluding hydrogens is 354 g/mol. The quantitative estimate of drug-likeness (QED) is 0.882. The molecule has 0 spiro atoms. The molecule has 1 aliphatic heterocycles. The van der Waals surface area contributed by atoms with Gasteiger partial charge in [-0.1, -0.05) is 24.3 Å². The summed E-state index contributed by atoms with van der Waals surface area (Å²) in [6.45, 7) is 2.31. The smallest absolute Gasteiger partial charge is 0.319 e. The van der Waals surface area contributed by atoms with Crippen LogP contribution in [-0.4, -0.2) is 52.2 Å². The molecule has 2 aliphatic rings. The molecule has 0 saturated heterocycles. The fraction of sp³-hybridized carbons (Fsp3) is 0.476. The highest BCUT2D eigenvalue weighted by molar-refractivity contribution is 5.77. The molecule has 1 atom stereocenters. The number of fused-ring (bicyclic) bond motifs is 2. The van der Waals surface area contributed by atoms with Crippen LogP contribution in [0.15, 0.2) is 30.3 Å². The predicted molar refractivity (Wildman–Crippen MR) is 106 cm³/mol. The molecule has 28 heavy (non-hydrogen) atoms. The Balaban J connectivity index is 1.32. The molecule has 2 aromatic rings. The summed E-state index contributed by atoms with van der Waals surface area (Å²) in [6, 6.07) is 10.4. The lowest BCUT2D eigenvalue weighted by atomic mass is 9.97. The maximum atomic E-state index is 12.4. The van der Waals surface area contributed by atoms with Crippen LogP contribution in [0.5, 0.6) is 0 Å². The van der Waals surface area contributed by atoms with E-state index in [2.05, 4.69) is 34.7 Å². The zero-order chi connectivity index (χ0) is 19.7. The Hall–Kier alpha value is -2.83. The highest BCUT2D eigenvalue weighted by Gasteiger charge is 2.25. The molecule has 0 radical (unpaired) electrons. The van der Waals surface area contributed by atoms with E-state index in [-0.39, 0.29) is 11.9 Å². The molecule has 1 aromatic carbocycles. The van der Waals surface area contributed by atoms with E-state index in [1.807, 2.05) is 15.6 Å². The minimum Gasteiger partial charge on any atom is -0.350 e. The Morgan fingerprint density at radius 2 is 2.07 bits per heavy atom. The second kappa shape index (κ2) is 7.66. The number of carbonyl (C=O) groups excluding carboxylic acids is 2. The topological polar surface area (TPSA) is 70.5 Å². The van der Waals surface area contributed by atoms with Crippen molar-refractivity contribution in [2.45, 2.75) is 44.8 Å². The average molecular weight is 381 g/mol. The lowest BCUT2D eigenvalue weighted by Crippen LogP contribution is -2.43. The summed E-state index contributed by atoms with van der Waals surface area (Å²) in [6.07, 6.45) is 2.63. The summed E-state index contributed by atoms with van der Waals surface area (Å²) < 4.78 is 1.94. The van der Waals surface area contributed by atoms with Gasteiger partial charge in [0.1, 0.15) is 0 Å². The van der Waals surface area contributed by atoms with Crippen LogP contribution in [0.3, 0.4) is 0 Å². The van der Waals surface area contributed by atoms with Crippen LogP contribution in [-0.2, 0) is 30.8 Å². The van der Waals surface area contributed by atoms with Crippen molar-refractivity contribution in [2.75, 3.05) is 20.6 Å². The molecule has 0 unspecified atom stereocenters. The summed E-state index contributed by atoms with van der Waals surface area (Å²) in [4.78, 5) is 28.0. The van der Waals surface area contributed by atoms with E-state index in [4.69, 9.17) is 0 Å². The third kappa shape index (κ3) is 3.74. The number of aromatic nitrogens is 2. The van der Waals surface area contributed by atoms with Crippen LogP contribution in [0, 0.1) is 0 Å². The molecular formula is C21H27N5O2. The molecule has 0 saturated carbocycles. The highest BCUT2D eigenvalue weighted by Crippen LogP contribution is 2.35. The first-order chi connectivity index (χ1) is 13.5. The van der Waals surface area contributed by atoms with Gasteiger partial charge in [0, 0.05) is 27.1 Å². The lowest BCUT2D eigenvalue weighted by Gasteiger charge is -2.29. The molecule has 0 bridgehead atoms. The largest absolute Gasteiger partial charge is 0.350 e. The van der Waals surface area contributed by atoms with Crippen molar-refractivity contribution in [3.8, 4) is 0 Å². The summed E-state index contributed by atoms with van der Waals surface area (Å²) in [5.74, 6) is 0.383. The van der Waals surface area contributed by atoms with E-state index in [0.717, 1.165) is 24.2 Å². The molecule has 1 N–H and O–H groups in total. The van der Waals surface area contributed by atoms with E-state index in [9.17, 15) is 9.59 Å². The van der Waals surface area contributed by atoms with E-state index < -0.39 is 0 Å². The molecule has 4 rings (SSSR count). The van der Waals surface area contributed by atoms with E-state index in [0.29, 0.717) is 38.5 Å². The first kappa shape index (κ1) is 18.5. The number of hydrogen-bond donors (Lipinski definition) is 1. The van der Waals surface area contributed by atoms with Crippen molar-refractivity contribution >= 4 is 11.9 Å². The second-order valence-corrected chi connectivity index (χ2v) is 7.86. The van der Waals surface area contributed by atoms with E-state index in [1.54, 1.807) is 19.0 Å². The van der Waals surface area contributed by atoms with Gasteiger partial charge in [-0.2, -0.15) is 5.10 Å². The van der Waals surface area contributed by atoms with Gasteiger partial charge in [0.2, 0.25) is 5.91 Å². The third-order valence-corrected chi connectivity index (χ3v) is 5.66. The Morgan fingerprint density at radius 3 is 2.89 bits per heavy atom. The number of carbonyl (C=O) groups is 2. The Kier molecular flexibility index (Phi) is 5.07. The van der Waals surface area contributed by atoms with Gasteiger partial charge in [-0.25, -0.2) is 4.79 Å². The van der Waals surface area contributed by atoms with Crippen molar-refractivity contribution in [3.63, 3.8) is 0 Å². The van der Waals surface area contributed by atoms with E-state index in [1.165, 1.54) is 11.1 Å². The minimum atomic E-state index is 0.0131. The van der Waals surface area contributed by atoms with Gasteiger partial charge in [0.25, 0.3) is 0 Å². The van der Waals surface area contributed by atoms with Crippen LogP contribution in [0.2, 0.25) is 0 Å². The van der Waals surface area contributed by atoms with Crippen LogP contribution >= 0.6 is 0 Å². The lowest BCUT2D eigenvalue weighted by molar-refractivity contribution is -0.121. The van der Waals surface area contributed by atoms with Crippen molar-refractivity contribution in [2.24, 2.45) is 0 Å². The molecule has 2 heterocycles. The maximum Gasteiger partial charge on any atom is 0.319 e. The zero-order valence-electron chi connectivity index (χ0n) is 16.5. The zero-order valence-corrected chi connectivity index (χ0v) is 16.5. The molecule has 0 fully saturated rings. The Morgan fingerprint density at radius 1 is 1.25 bits per heavy atom. The van der Waals surface area contributed by atoms with Crippen LogP contribution in [0.4, 0.5) is 4.79 Å². The number of aryl methyl sites for hydroxylation is 1. The van der Waals surface area contributed by atoms with Gasteiger partial charge in [-0.3, -0.25) is 9.48 Å². The predicted octanol–water partition coefficient (Wildman–Crippen LogP) is 2.12.